The van der Waals surface area contributed by atoms with Gasteiger partial charge >= 0.3 is 5.97 Å². The molecule has 0 atom stereocenters. The fraction of sp³-hybridized carbons (Fsp3) is 0. The van der Waals surface area contributed by atoms with Crippen LogP contribution >= 0.6 is 11.6 Å². The molecule has 1 aromatic heterocycles. The molecule has 0 radical (unpaired) electrons. The van der Waals surface area contributed by atoms with E-state index < -0.39 is 5.97 Å². The first-order valence-corrected chi connectivity index (χ1v) is 4.44. The van der Waals surface area contributed by atoms with Crippen molar-refractivity contribution in [1.82, 2.24) is 15.2 Å². The van der Waals surface area contributed by atoms with E-state index >= 15 is 0 Å². The van der Waals surface area contributed by atoms with Gasteiger partial charge in [0.05, 0.1) is 0 Å². The molecule has 0 aliphatic rings. The van der Waals surface area contributed by atoms with Crippen LogP contribution in [-0.4, -0.2) is 21.1 Å². The van der Waals surface area contributed by atoms with E-state index in [0.717, 1.165) is 10.9 Å². The van der Waals surface area contributed by atoms with Gasteiger partial charge in [-0.1, -0.05) is 23.0 Å². The van der Waals surface area contributed by atoms with Gasteiger partial charge in [-0.2, -0.15) is 0 Å². The summed E-state index contributed by atoms with van der Waals surface area (Å²) in [5.74, 6) is -0.600. The Labute approximate surface area is 89.8 Å². The number of carbonyl (C=O) groups excluding carboxylic acids is 1. The predicted octanol–water partition coefficient (Wildman–Crippen LogP) is 1.23. The number of carbonyl (C=O) groups is 1. The summed E-state index contributed by atoms with van der Waals surface area (Å²) in [5.41, 5.74) is 1.12. The topological polar surface area (TPSA) is 57.0 Å². The molecule has 0 N–H and O–H groups in total. The van der Waals surface area contributed by atoms with Gasteiger partial charge in [-0.15, -0.1) is 5.10 Å². The Morgan fingerprint density at radius 3 is 3.13 bits per heavy atom. The average molecular weight is 224 g/mol. The van der Waals surface area contributed by atoms with E-state index in [0.29, 0.717) is 16.1 Å². The van der Waals surface area contributed by atoms with E-state index in [1.54, 1.807) is 18.2 Å². The Bertz CT molecular complexity index is 535. The maximum absolute atomic E-state index is 10.9. The minimum atomic E-state index is -0.600. The largest absolute Gasteiger partial charge is 0.358 e. The average Bonchev–Trinajstić information content (AvgIpc) is 2.60. The second kappa shape index (κ2) is 3.70. The number of aromatic nitrogens is 3. The van der Waals surface area contributed by atoms with Gasteiger partial charge in [0, 0.05) is 11.1 Å². The summed E-state index contributed by atoms with van der Waals surface area (Å²) in [7, 11) is 0. The monoisotopic (exact) mass is 223 g/mol. The maximum atomic E-state index is 10.9. The van der Waals surface area contributed by atoms with E-state index in [-0.39, 0.29) is 0 Å². The Balaban J connectivity index is 2.45. The van der Waals surface area contributed by atoms with Gasteiger partial charge in [0.25, 0.3) is 0 Å². The van der Waals surface area contributed by atoms with Crippen LogP contribution in [0.15, 0.2) is 30.9 Å². The van der Waals surface area contributed by atoms with Crippen LogP contribution in [0.1, 0.15) is 0 Å². The number of fused-ring (bicyclic) bond motifs is 1. The quantitative estimate of drug-likeness (QED) is 0.568. The Morgan fingerprint density at radius 1 is 1.60 bits per heavy atom. The van der Waals surface area contributed by atoms with Crippen molar-refractivity contribution in [3.05, 3.63) is 35.9 Å². The first-order chi connectivity index (χ1) is 7.20. The van der Waals surface area contributed by atoms with Crippen molar-refractivity contribution in [1.29, 1.82) is 0 Å². The summed E-state index contributed by atoms with van der Waals surface area (Å²) in [6, 6.07) is 4.95. The van der Waals surface area contributed by atoms with Crippen molar-refractivity contribution < 1.29 is 9.63 Å². The van der Waals surface area contributed by atoms with Crippen LogP contribution < -0.4 is 4.84 Å². The molecule has 0 bridgehead atoms. The highest BCUT2D eigenvalue weighted by Crippen LogP contribution is 2.15. The number of rotatable bonds is 2. The highest BCUT2D eigenvalue weighted by Gasteiger charge is 2.07. The Morgan fingerprint density at radius 2 is 2.40 bits per heavy atom. The first-order valence-electron chi connectivity index (χ1n) is 4.06. The molecular formula is C9H6ClN3O2. The van der Waals surface area contributed by atoms with Crippen LogP contribution in [0.25, 0.3) is 11.0 Å². The Hall–Kier alpha value is -1.88. The number of nitrogens with zero attached hydrogens (tertiary/aromatic N) is 3. The summed E-state index contributed by atoms with van der Waals surface area (Å²) in [5, 5.41) is 7.97. The fourth-order valence-electron chi connectivity index (χ4n) is 1.07. The summed E-state index contributed by atoms with van der Waals surface area (Å²) in [6.07, 6.45) is 1.05. The molecule has 0 saturated heterocycles. The van der Waals surface area contributed by atoms with Crippen molar-refractivity contribution in [2.45, 2.75) is 0 Å². The maximum Gasteiger partial charge on any atom is 0.358 e. The molecule has 0 fully saturated rings. The molecule has 5 nitrogen and oxygen atoms in total. The van der Waals surface area contributed by atoms with E-state index in [1.807, 2.05) is 0 Å². The van der Waals surface area contributed by atoms with Gasteiger partial charge in [-0.05, 0) is 23.4 Å². The van der Waals surface area contributed by atoms with E-state index in [2.05, 4.69) is 16.9 Å². The number of benzene rings is 1. The lowest BCUT2D eigenvalue weighted by atomic mass is 10.3. The van der Waals surface area contributed by atoms with Crippen LogP contribution in [-0.2, 0) is 4.79 Å². The molecule has 6 heteroatoms. The lowest BCUT2D eigenvalue weighted by Gasteiger charge is -1.98. The molecule has 0 saturated carbocycles. The molecular weight excluding hydrogens is 218 g/mol. The highest BCUT2D eigenvalue weighted by atomic mass is 35.5. The van der Waals surface area contributed by atoms with Crippen LogP contribution in [0.5, 0.6) is 0 Å². The van der Waals surface area contributed by atoms with Crippen molar-refractivity contribution in [3.63, 3.8) is 0 Å². The smallest absolute Gasteiger partial charge is 0.313 e. The molecule has 15 heavy (non-hydrogen) atoms. The van der Waals surface area contributed by atoms with Crippen LogP contribution in [0, 0.1) is 0 Å². The second-order valence-corrected chi connectivity index (χ2v) is 3.15. The molecule has 0 spiro atoms. The third kappa shape index (κ3) is 1.82. The van der Waals surface area contributed by atoms with Gasteiger partial charge in [0.2, 0.25) is 0 Å². The van der Waals surface area contributed by atoms with Gasteiger partial charge < -0.3 is 4.84 Å². The zero-order valence-corrected chi connectivity index (χ0v) is 8.31. The first kappa shape index (κ1) is 9.67. The molecule has 0 amide bonds. The lowest BCUT2D eigenvalue weighted by Crippen LogP contribution is -2.18. The zero-order valence-electron chi connectivity index (χ0n) is 7.55. The third-order valence-electron chi connectivity index (χ3n) is 1.72. The van der Waals surface area contributed by atoms with E-state index in [9.17, 15) is 4.79 Å². The standard InChI is InChI=1S/C9H6ClN3O2/c1-2-9(14)15-13-8-4-3-6(10)5-7(8)11-12-13/h2-5H,1H2. The number of hydrogen-bond acceptors (Lipinski definition) is 4. The highest BCUT2D eigenvalue weighted by molar-refractivity contribution is 6.31. The van der Waals surface area contributed by atoms with Crippen molar-refractivity contribution in [2.24, 2.45) is 0 Å². The van der Waals surface area contributed by atoms with Crippen molar-refractivity contribution in [2.75, 3.05) is 0 Å². The van der Waals surface area contributed by atoms with Crippen molar-refractivity contribution >= 4 is 28.6 Å². The van der Waals surface area contributed by atoms with Crippen molar-refractivity contribution in [3.8, 4) is 0 Å². The zero-order chi connectivity index (χ0) is 10.8. The SMILES string of the molecule is C=CC(=O)On1nnc2cc(Cl)ccc21. The minimum Gasteiger partial charge on any atom is -0.313 e. The van der Waals surface area contributed by atoms with Gasteiger partial charge in [-0.25, -0.2) is 4.79 Å². The van der Waals surface area contributed by atoms with Crippen LogP contribution in [0.4, 0.5) is 0 Å². The fourth-order valence-corrected chi connectivity index (χ4v) is 1.23. The summed E-state index contributed by atoms with van der Waals surface area (Å²) < 4.78 is 0. The minimum absolute atomic E-state index is 0.546. The lowest BCUT2D eigenvalue weighted by molar-refractivity contribution is -0.139. The normalized spacial score (nSPS) is 10.2. The molecule has 2 aromatic rings. The number of hydrogen-bond donors (Lipinski definition) is 0. The molecule has 0 aliphatic carbocycles. The van der Waals surface area contributed by atoms with Gasteiger partial charge in [0.1, 0.15) is 11.0 Å². The third-order valence-corrected chi connectivity index (χ3v) is 1.96. The van der Waals surface area contributed by atoms with Gasteiger partial charge in [-0.3, -0.25) is 0 Å². The summed E-state index contributed by atoms with van der Waals surface area (Å²) in [6.45, 7) is 3.28. The summed E-state index contributed by atoms with van der Waals surface area (Å²) >= 11 is 5.76. The molecule has 0 unspecified atom stereocenters. The summed E-state index contributed by atoms with van der Waals surface area (Å²) in [4.78, 5) is 16.8. The van der Waals surface area contributed by atoms with Crippen LogP contribution in [0.3, 0.4) is 0 Å². The van der Waals surface area contributed by atoms with Crippen LogP contribution in [0.2, 0.25) is 5.02 Å². The Kier molecular flexibility index (Phi) is 2.39. The van der Waals surface area contributed by atoms with E-state index in [1.165, 1.54) is 0 Å². The molecule has 1 heterocycles. The molecule has 2 rings (SSSR count). The van der Waals surface area contributed by atoms with E-state index in [4.69, 9.17) is 16.4 Å². The molecule has 76 valence electrons. The molecule has 1 aromatic carbocycles. The molecule has 0 aliphatic heterocycles. The predicted molar refractivity (Wildman–Crippen MR) is 54.3 cm³/mol. The number of halogens is 1. The second-order valence-electron chi connectivity index (χ2n) is 2.71. The van der Waals surface area contributed by atoms with Gasteiger partial charge in [0.15, 0.2) is 0 Å².